The molecule has 0 spiro atoms. The molecule has 284 valence electrons. The van der Waals surface area contributed by atoms with Crippen molar-refractivity contribution in [3.05, 3.63) is 229 Å². The van der Waals surface area contributed by atoms with Crippen molar-refractivity contribution in [2.75, 3.05) is 9.80 Å². The third kappa shape index (κ3) is 6.48. The van der Waals surface area contributed by atoms with Crippen molar-refractivity contribution in [3.63, 3.8) is 0 Å². The summed E-state index contributed by atoms with van der Waals surface area (Å²) in [6.07, 6.45) is 0. The quantitative estimate of drug-likeness (QED) is 0.152. The van der Waals surface area contributed by atoms with Crippen LogP contribution in [0.15, 0.2) is 206 Å². The smallest absolute Gasteiger partial charge is 0.0543 e. The molecule has 9 aromatic rings. The Hall–Kier alpha value is -7.16. The highest BCUT2D eigenvalue weighted by molar-refractivity contribution is 6.10. The minimum Gasteiger partial charge on any atom is -0.310 e. The van der Waals surface area contributed by atoms with Gasteiger partial charge in [0.05, 0.1) is 5.69 Å². The summed E-state index contributed by atoms with van der Waals surface area (Å²) in [6, 6.07) is 75.5. The first kappa shape index (κ1) is 36.2. The van der Waals surface area contributed by atoms with E-state index in [1.165, 1.54) is 72.1 Å². The summed E-state index contributed by atoms with van der Waals surface area (Å²) < 4.78 is 0. The van der Waals surface area contributed by atoms with Crippen LogP contribution in [-0.2, 0) is 5.41 Å². The van der Waals surface area contributed by atoms with Gasteiger partial charge in [-0.25, -0.2) is 0 Å². The van der Waals surface area contributed by atoms with E-state index in [0.717, 1.165) is 28.4 Å². The van der Waals surface area contributed by atoms with E-state index in [1.807, 2.05) is 0 Å². The summed E-state index contributed by atoms with van der Waals surface area (Å²) in [5, 5.41) is 2.50. The van der Waals surface area contributed by atoms with Crippen LogP contribution in [0.1, 0.15) is 36.1 Å². The maximum atomic E-state index is 2.48. The van der Waals surface area contributed by atoms with Crippen molar-refractivity contribution in [2.45, 2.75) is 33.1 Å². The van der Waals surface area contributed by atoms with Crippen molar-refractivity contribution in [1.29, 1.82) is 0 Å². The number of fused-ring (bicyclic) bond motifs is 5. The molecule has 0 bridgehead atoms. The Bertz CT molecular complexity index is 2960. The lowest BCUT2D eigenvalue weighted by Crippen LogP contribution is -2.18. The van der Waals surface area contributed by atoms with E-state index in [0.29, 0.717) is 0 Å². The Balaban J connectivity index is 1.12. The molecule has 2 nitrogen and oxygen atoms in total. The first-order chi connectivity index (χ1) is 28.8. The number of benzene rings is 9. The SMILES string of the molecule is Cc1cccc(N(c2ccc(-c3ccccc3)cc2)c2ccc3c(c2)C(C)(C)c2cc(N(c4ccc(-c5ccccc5)cc4)c4cccc(C)c4)c4ccccc4c2-3)c1. The van der Waals surface area contributed by atoms with E-state index < -0.39 is 0 Å². The standard InChI is InChI=1S/C57H46N2/c1-39-15-13-21-47(35-39)58(45-29-25-43(26-30-45)41-17-7-5-8-18-41)49-33-34-52-53(37-49)57(3,4)54-38-55(50-23-11-12-24-51(50)56(52)54)59(48-22-14-16-40(2)36-48)46-31-27-44(28-32-46)42-19-9-6-10-20-42/h5-38H,1-4H3. The summed E-state index contributed by atoms with van der Waals surface area (Å²) in [4.78, 5) is 4.86. The van der Waals surface area contributed by atoms with Gasteiger partial charge in [0.25, 0.3) is 0 Å². The van der Waals surface area contributed by atoms with Gasteiger partial charge in [-0.1, -0.05) is 153 Å². The average Bonchev–Trinajstić information content (AvgIpc) is 3.50. The van der Waals surface area contributed by atoms with Gasteiger partial charge >= 0.3 is 0 Å². The summed E-state index contributed by atoms with van der Waals surface area (Å²) in [5.41, 5.74) is 19.2. The van der Waals surface area contributed by atoms with Gasteiger partial charge in [-0.3, -0.25) is 0 Å². The van der Waals surface area contributed by atoms with Crippen molar-refractivity contribution in [3.8, 4) is 33.4 Å². The van der Waals surface area contributed by atoms with Crippen LogP contribution in [0.3, 0.4) is 0 Å². The van der Waals surface area contributed by atoms with Crippen LogP contribution in [0, 0.1) is 13.8 Å². The van der Waals surface area contributed by atoms with Crippen molar-refractivity contribution >= 4 is 44.9 Å². The molecular formula is C57H46N2. The Morgan fingerprint density at radius 1 is 0.339 bits per heavy atom. The van der Waals surface area contributed by atoms with Crippen LogP contribution in [0.2, 0.25) is 0 Å². The van der Waals surface area contributed by atoms with E-state index in [9.17, 15) is 0 Å². The van der Waals surface area contributed by atoms with Crippen LogP contribution in [0.5, 0.6) is 0 Å². The first-order valence-corrected chi connectivity index (χ1v) is 20.6. The fourth-order valence-corrected chi connectivity index (χ4v) is 9.15. The minimum absolute atomic E-state index is 0.273. The Morgan fingerprint density at radius 2 is 0.797 bits per heavy atom. The van der Waals surface area contributed by atoms with Gasteiger partial charge in [0.1, 0.15) is 0 Å². The lowest BCUT2D eigenvalue weighted by molar-refractivity contribution is 0.661. The maximum absolute atomic E-state index is 2.48. The molecule has 0 N–H and O–H groups in total. The summed E-state index contributed by atoms with van der Waals surface area (Å²) in [6.45, 7) is 9.15. The zero-order valence-electron chi connectivity index (χ0n) is 34.0. The molecular weight excluding hydrogens is 713 g/mol. The number of hydrogen-bond acceptors (Lipinski definition) is 2. The lowest BCUT2D eigenvalue weighted by Gasteiger charge is -2.30. The highest BCUT2D eigenvalue weighted by Gasteiger charge is 2.38. The van der Waals surface area contributed by atoms with Crippen LogP contribution < -0.4 is 9.80 Å². The average molecular weight is 759 g/mol. The number of nitrogens with zero attached hydrogens (tertiary/aromatic N) is 2. The van der Waals surface area contributed by atoms with Crippen LogP contribution in [0.4, 0.5) is 34.1 Å². The lowest BCUT2D eigenvalue weighted by atomic mass is 9.81. The molecule has 0 heterocycles. The largest absolute Gasteiger partial charge is 0.310 e. The summed E-state index contributed by atoms with van der Waals surface area (Å²) >= 11 is 0. The van der Waals surface area contributed by atoms with E-state index in [4.69, 9.17) is 0 Å². The van der Waals surface area contributed by atoms with Crippen LogP contribution >= 0.6 is 0 Å². The molecule has 0 radical (unpaired) electrons. The predicted molar refractivity (Wildman–Crippen MR) is 251 cm³/mol. The van der Waals surface area contributed by atoms with Gasteiger partial charge in [-0.05, 0) is 142 Å². The molecule has 9 aromatic carbocycles. The molecule has 0 atom stereocenters. The maximum Gasteiger partial charge on any atom is 0.0543 e. The Morgan fingerprint density at radius 3 is 1.36 bits per heavy atom. The molecule has 0 aromatic heterocycles. The highest BCUT2D eigenvalue weighted by atomic mass is 15.1. The molecule has 0 saturated heterocycles. The Labute approximate surface area is 348 Å². The van der Waals surface area contributed by atoms with E-state index in [2.05, 4.69) is 244 Å². The number of anilines is 6. The molecule has 59 heavy (non-hydrogen) atoms. The van der Waals surface area contributed by atoms with Gasteiger partial charge in [-0.15, -0.1) is 0 Å². The zero-order valence-corrected chi connectivity index (χ0v) is 34.0. The number of aryl methyl sites for hydroxylation is 2. The molecule has 0 aliphatic heterocycles. The van der Waals surface area contributed by atoms with Gasteiger partial charge in [0.15, 0.2) is 0 Å². The fourth-order valence-electron chi connectivity index (χ4n) is 9.15. The van der Waals surface area contributed by atoms with Gasteiger partial charge in [0, 0.05) is 39.2 Å². The van der Waals surface area contributed by atoms with Crippen molar-refractivity contribution in [2.24, 2.45) is 0 Å². The molecule has 2 heteroatoms. The van der Waals surface area contributed by atoms with Crippen molar-refractivity contribution < 1.29 is 0 Å². The second kappa shape index (κ2) is 14.7. The molecule has 1 aliphatic carbocycles. The molecule has 0 fully saturated rings. The van der Waals surface area contributed by atoms with Crippen LogP contribution in [-0.4, -0.2) is 0 Å². The Kier molecular flexibility index (Phi) is 8.99. The molecule has 0 amide bonds. The van der Waals surface area contributed by atoms with Crippen molar-refractivity contribution in [1.82, 2.24) is 0 Å². The van der Waals surface area contributed by atoms with Gasteiger partial charge in [0.2, 0.25) is 0 Å². The zero-order chi connectivity index (χ0) is 40.1. The first-order valence-electron chi connectivity index (χ1n) is 20.6. The minimum atomic E-state index is -0.273. The normalized spacial score (nSPS) is 12.5. The van der Waals surface area contributed by atoms with E-state index in [-0.39, 0.29) is 5.41 Å². The van der Waals surface area contributed by atoms with E-state index in [1.54, 1.807) is 0 Å². The second-order valence-corrected chi connectivity index (χ2v) is 16.4. The topological polar surface area (TPSA) is 6.48 Å². The fraction of sp³-hybridized carbons (Fsp3) is 0.0877. The molecule has 0 saturated carbocycles. The van der Waals surface area contributed by atoms with Crippen LogP contribution in [0.25, 0.3) is 44.2 Å². The third-order valence-electron chi connectivity index (χ3n) is 12.1. The monoisotopic (exact) mass is 758 g/mol. The molecule has 10 rings (SSSR count). The second-order valence-electron chi connectivity index (χ2n) is 16.4. The third-order valence-corrected chi connectivity index (χ3v) is 12.1. The van der Waals surface area contributed by atoms with Gasteiger partial charge < -0.3 is 9.80 Å². The van der Waals surface area contributed by atoms with E-state index >= 15 is 0 Å². The summed E-state index contributed by atoms with van der Waals surface area (Å²) in [7, 11) is 0. The highest BCUT2D eigenvalue weighted by Crippen LogP contribution is 2.56. The predicted octanol–water partition coefficient (Wildman–Crippen LogP) is 16.0. The molecule has 1 aliphatic rings. The number of hydrogen-bond donors (Lipinski definition) is 0. The molecule has 0 unspecified atom stereocenters. The summed E-state index contributed by atoms with van der Waals surface area (Å²) in [5.74, 6) is 0. The number of rotatable bonds is 8. The van der Waals surface area contributed by atoms with Gasteiger partial charge in [-0.2, -0.15) is 0 Å².